The van der Waals surface area contributed by atoms with E-state index in [-0.39, 0.29) is 6.04 Å². The van der Waals surface area contributed by atoms with Crippen molar-refractivity contribution in [2.24, 2.45) is 5.73 Å². The molecule has 94 valence electrons. The molecule has 2 heterocycles. The molecule has 0 radical (unpaired) electrons. The summed E-state index contributed by atoms with van der Waals surface area (Å²) in [5, 5.41) is 3.13. The van der Waals surface area contributed by atoms with E-state index in [1.165, 1.54) is 17.7 Å². The monoisotopic (exact) mass is 259 g/mol. The van der Waals surface area contributed by atoms with Gasteiger partial charge in [0.1, 0.15) is 0 Å². The van der Waals surface area contributed by atoms with Crippen LogP contribution >= 0.6 is 11.3 Å². The first-order valence-corrected chi connectivity index (χ1v) is 7.20. The van der Waals surface area contributed by atoms with Gasteiger partial charge in [-0.25, -0.2) is 4.98 Å². The molecule has 1 aliphatic rings. The molecule has 1 atom stereocenters. The maximum atomic E-state index is 5.88. The van der Waals surface area contributed by atoms with Crippen LogP contribution in [0.3, 0.4) is 0 Å². The number of hydrogen-bond acceptors (Lipinski definition) is 4. The fourth-order valence-electron chi connectivity index (χ4n) is 2.34. The quantitative estimate of drug-likeness (QED) is 0.900. The number of rotatable bonds is 2. The molecule has 0 aliphatic carbocycles. The van der Waals surface area contributed by atoms with Crippen LogP contribution in [-0.4, -0.2) is 11.5 Å². The van der Waals surface area contributed by atoms with Gasteiger partial charge >= 0.3 is 0 Å². The molecular formula is C14H17N3S. The Kier molecular flexibility index (Phi) is 3.06. The molecule has 0 fully saturated rings. The average molecular weight is 259 g/mol. The summed E-state index contributed by atoms with van der Waals surface area (Å²) in [7, 11) is 0. The molecule has 0 saturated heterocycles. The lowest BCUT2D eigenvalue weighted by atomic mass is 10.0. The number of aryl methyl sites for hydroxylation is 1. The number of aromatic nitrogens is 1. The largest absolute Gasteiger partial charge is 0.323 e. The van der Waals surface area contributed by atoms with Crippen molar-refractivity contribution in [3.8, 4) is 0 Å². The first kappa shape index (κ1) is 11.7. The second-order valence-corrected chi connectivity index (χ2v) is 5.56. The van der Waals surface area contributed by atoms with E-state index in [0.717, 1.165) is 23.8 Å². The van der Waals surface area contributed by atoms with E-state index in [1.54, 1.807) is 11.3 Å². The number of anilines is 2. The minimum atomic E-state index is 0.00929. The van der Waals surface area contributed by atoms with Crippen LogP contribution in [0, 0.1) is 0 Å². The van der Waals surface area contributed by atoms with Crippen molar-refractivity contribution in [3.63, 3.8) is 0 Å². The molecule has 1 aliphatic heterocycles. The van der Waals surface area contributed by atoms with Crippen molar-refractivity contribution < 1.29 is 0 Å². The highest BCUT2D eigenvalue weighted by Gasteiger charge is 2.20. The molecule has 1 unspecified atom stereocenters. The molecule has 3 rings (SSSR count). The third-order valence-electron chi connectivity index (χ3n) is 3.32. The summed E-state index contributed by atoms with van der Waals surface area (Å²) in [6.07, 6.45) is 2.35. The summed E-state index contributed by atoms with van der Waals surface area (Å²) in [6, 6.07) is 8.60. The molecule has 18 heavy (non-hydrogen) atoms. The van der Waals surface area contributed by atoms with Gasteiger partial charge in [0.05, 0.1) is 5.69 Å². The van der Waals surface area contributed by atoms with Gasteiger partial charge in [-0.1, -0.05) is 18.2 Å². The van der Waals surface area contributed by atoms with E-state index in [1.807, 2.05) is 6.92 Å². The topological polar surface area (TPSA) is 42.1 Å². The Morgan fingerprint density at radius 1 is 1.39 bits per heavy atom. The van der Waals surface area contributed by atoms with Crippen LogP contribution in [0.5, 0.6) is 0 Å². The SMILES string of the molecule is CC(N)c1csc(N2CCCc3ccccc32)n1. The molecule has 1 aromatic carbocycles. The molecule has 0 amide bonds. The Labute approximate surface area is 111 Å². The predicted octanol–water partition coefficient (Wildman–Crippen LogP) is 3.25. The van der Waals surface area contributed by atoms with E-state index < -0.39 is 0 Å². The second kappa shape index (κ2) is 4.71. The average Bonchev–Trinajstić information content (AvgIpc) is 2.87. The number of hydrogen-bond donors (Lipinski definition) is 1. The molecule has 0 saturated carbocycles. The lowest BCUT2D eigenvalue weighted by Gasteiger charge is -2.28. The van der Waals surface area contributed by atoms with Crippen LogP contribution in [0.1, 0.15) is 30.6 Å². The third-order valence-corrected chi connectivity index (χ3v) is 4.20. The Hall–Kier alpha value is -1.39. The van der Waals surface area contributed by atoms with Crippen LogP contribution in [0.2, 0.25) is 0 Å². The first-order valence-electron chi connectivity index (χ1n) is 6.32. The summed E-state index contributed by atoms with van der Waals surface area (Å²) >= 11 is 1.68. The minimum absolute atomic E-state index is 0.00929. The lowest BCUT2D eigenvalue weighted by Crippen LogP contribution is -2.24. The molecule has 3 nitrogen and oxygen atoms in total. The van der Waals surface area contributed by atoms with Crippen LogP contribution in [-0.2, 0) is 6.42 Å². The highest BCUT2D eigenvalue weighted by atomic mass is 32.1. The van der Waals surface area contributed by atoms with Crippen molar-refractivity contribution in [3.05, 3.63) is 40.9 Å². The standard InChI is InChI=1S/C14H17N3S/c1-10(15)12-9-18-14(16-12)17-8-4-6-11-5-2-3-7-13(11)17/h2-3,5,7,9-10H,4,6,8,15H2,1H3. The van der Waals surface area contributed by atoms with E-state index in [4.69, 9.17) is 5.73 Å². The van der Waals surface area contributed by atoms with Crippen LogP contribution in [0.15, 0.2) is 29.6 Å². The molecule has 0 spiro atoms. The highest BCUT2D eigenvalue weighted by Crippen LogP contribution is 2.35. The second-order valence-electron chi connectivity index (χ2n) is 4.73. The van der Waals surface area contributed by atoms with E-state index in [2.05, 4.69) is 39.5 Å². The van der Waals surface area contributed by atoms with Gasteiger partial charge in [-0.05, 0) is 31.4 Å². The Morgan fingerprint density at radius 2 is 2.22 bits per heavy atom. The Morgan fingerprint density at radius 3 is 3.00 bits per heavy atom. The maximum Gasteiger partial charge on any atom is 0.190 e. The van der Waals surface area contributed by atoms with Gasteiger partial charge in [0.15, 0.2) is 5.13 Å². The zero-order chi connectivity index (χ0) is 12.5. The normalized spacial score (nSPS) is 16.4. The van der Waals surface area contributed by atoms with Crippen molar-refractivity contribution in [2.45, 2.75) is 25.8 Å². The van der Waals surface area contributed by atoms with Crippen LogP contribution in [0.25, 0.3) is 0 Å². The number of thiazole rings is 1. The van der Waals surface area contributed by atoms with Crippen molar-refractivity contribution >= 4 is 22.2 Å². The number of para-hydroxylation sites is 1. The zero-order valence-corrected chi connectivity index (χ0v) is 11.3. The maximum absolute atomic E-state index is 5.88. The number of nitrogens with zero attached hydrogens (tertiary/aromatic N) is 2. The molecule has 4 heteroatoms. The predicted molar refractivity (Wildman–Crippen MR) is 76.5 cm³/mol. The van der Waals surface area contributed by atoms with E-state index in [9.17, 15) is 0 Å². The van der Waals surface area contributed by atoms with Gasteiger partial charge in [-0.3, -0.25) is 0 Å². The molecule has 1 aromatic heterocycles. The van der Waals surface area contributed by atoms with Crippen molar-refractivity contribution in [2.75, 3.05) is 11.4 Å². The number of nitrogens with two attached hydrogens (primary N) is 1. The van der Waals surface area contributed by atoms with Crippen LogP contribution in [0.4, 0.5) is 10.8 Å². The van der Waals surface area contributed by atoms with Gasteiger partial charge in [0.2, 0.25) is 0 Å². The van der Waals surface area contributed by atoms with E-state index >= 15 is 0 Å². The molecule has 2 N–H and O–H groups in total. The summed E-state index contributed by atoms with van der Waals surface area (Å²) < 4.78 is 0. The van der Waals surface area contributed by atoms with Crippen molar-refractivity contribution in [1.29, 1.82) is 0 Å². The Balaban J connectivity index is 1.97. The fraction of sp³-hybridized carbons (Fsp3) is 0.357. The summed E-state index contributed by atoms with van der Waals surface area (Å²) in [4.78, 5) is 6.97. The summed E-state index contributed by atoms with van der Waals surface area (Å²) in [5.41, 5.74) is 9.58. The van der Waals surface area contributed by atoms with E-state index in [0.29, 0.717) is 0 Å². The molecule has 2 aromatic rings. The fourth-order valence-corrected chi connectivity index (χ4v) is 3.31. The molecule has 0 bridgehead atoms. The highest BCUT2D eigenvalue weighted by molar-refractivity contribution is 7.13. The molecular weight excluding hydrogens is 242 g/mol. The third kappa shape index (κ3) is 2.02. The van der Waals surface area contributed by atoms with Gasteiger partial charge in [-0.2, -0.15) is 0 Å². The smallest absolute Gasteiger partial charge is 0.190 e. The minimum Gasteiger partial charge on any atom is -0.323 e. The first-order chi connectivity index (χ1) is 8.75. The van der Waals surface area contributed by atoms with Gasteiger partial charge in [0.25, 0.3) is 0 Å². The summed E-state index contributed by atoms with van der Waals surface area (Å²) in [6.45, 7) is 3.02. The van der Waals surface area contributed by atoms with Gasteiger partial charge in [0, 0.05) is 23.7 Å². The Bertz CT molecular complexity index is 547. The number of fused-ring (bicyclic) bond motifs is 1. The van der Waals surface area contributed by atoms with Crippen molar-refractivity contribution in [1.82, 2.24) is 4.98 Å². The zero-order valence-electron chi connectivity index (χ0n) is 10.5. The van der Waals surface area contributed by atoms with Gasteiger partial charge in [-0.15, -0.1) is 11.3 Å². The lowest BCUT2D eigenvalue weighted by molar-refractivity contribution is 0.753. The van der Waals surface area contributed by atoms with Gasteiger partial charge < -0.3 is 10.6 Å². The number of benzene rings is 1. The summed E-state index contributed by atoms with van der Waals surface area (Å²) in [5.74, 6) is 0. The van der Waals surface area contributed by atoms with Crippen LogP contribution < -0.4 is 10.6 Å².